The predicted octanol–water partition coefficient (Wildman–Crippen LogP) is 3.15. The van der Waals surface area contributed by atoms with Crippen molar-refractivity contribution >= 4 is 11.9 Å². The second kappa shape index (κ2) is 11.5. The maximum absolute atomic E-state index is 12.5. The van der Waals surface area contributed by atoms with E-state index in [1.54, 1.807) is 0 Å². The molecule has 2 atom stereocenters. The average molecular weight is 422 g/mol. The smallest absolute Gasteiger partial charge is 0.310 e. The van der Waals surface area contributed by atoms with Crippen molar-refractivity contribution in [2.75, 3.05) is 45.9 Å². The lowest BCUT2D eigenvalue weighted by atomic mass is 9.93. The van der Waals surface area contributed by atoms with E-state index in [4.69, 9.17) is 4.74 Å². The molecular formula is C24H43N3O3. The Balaban J connectivity index is 1.45. The van der Waals surface area contributed by atoms with E-state index in [2.05, 4.69) is 28.5 Å². The van der Waals surface area contributed by atoms with Crippen LogP contribution in [0.15, 0.2) is 0 Å². The molecule has 1 amide bonds. The predicted molar refractivity (Wildman–Crippen MR) is 119 cm³/mol. The highest BCUT2D eigenvalue weighted by Crippen LogP contribution is 2.27. The lowest BCUT2D eigenvalue weighted by molar-refractivity contribution is -0.150. The van der Waals surface area contributed by atoms with Crippen LogP contribution in [-0.2, 0) is 14.3 Å². The quantitative estimate of drug-likeness (QED) is 0.591. The van der Waals surface area contributed by atoms with Gasteiger partial charge in [-0.3, -0.25) is 14.5 Å². The summed E-state index contributed by atoms with van der Waals surface area (Å²) in [6.07, 6.45) is 8.35. The molecule has 3 aliphatic heterocycles. The molecule has 3 rings (SSSR count). The van der Waals surface area contributed by atoms with Gasteiger partial charge in [-0.05, 0) is 77.4 Å². The van der Waals surface area contributed by atoms with Crippen LogP contribution in [-0.4, -0.2) is 84.5 Å². The van der Waals surface area contributed by atoms with Crippen molar-refractivity contribution in [1.29, 1.82) is 0 Å². The van der Waals surface area contributed by atoms with Crippen molar-refractivity contribution in [3.63, 3.8) is 0 Å². The summed E-state index contributed by atoms with van der Waals surface area (Å²) in [4.78, 5) is 32.0. The number of esters is 1. The first-order valence-corrected chi connectivity index (χ1v) is 12.4. The first-order chi connectivity index (χ1) is 14.5. The topological polar surface area (TPSA) is 53.1 Å². The van der Waals surface area contributed by atoms with Gasteiger partial charge >= 0.3 is 5.97 Å². The lowest BCUT2D eigenvalue weighted by Gasteiger charge is -2.43. The number of rotatable bonds is 7. The Morgan fingerprint density at radius 3 is 2.40 bits per heavy atom. The van der Waals surface area contributed by atoms with Gasteiger partial charge in [0, 0.05) is 38.1 Å². The minimum absolute atomic E-state index is 0.00946. The highest BCUT2D eigenvalue weighted by Gasteiger charge is 2.34. The molecule has 0 aromatic carbocycles. The van der Waals surface area contributed by atoms with Gasteiger partial charge in [0.25, 0.3) is 0 Å². The maximum atomic E-state index is 12.5. The molecule has 6 nitrogen and oxygen atoms in total. The van der Waals surface area contributed by atoms with E-state index in [1.165, 1.54) is 12.8 Å². The molecule has 3 heterocycles. The van der Waals surface area contributed by atoms with E-state index < -0.39 is 0 Å². The van der Waals surface area contributed by atoms with Gasteiger partial charge in [0.1, 0.15) is 0 Å². The zero-order chi connectivity index (χ0) is 21.5. The number of nitrogens with zero attached hydrogens (tertiary/aromatic N) is 3. The number of likely N-dealkylation sites (tertiary alicyclic amines) is 3. The van der Waals surface area contributed by atoms with Gasteiger partial charge in [0.05, 0.1) is 12.5 Å². The zero-order valence-corrected chi connectivity index (χ0v) is 19.5. The maximum Gasteiger partial charge on any atom is 0.310 e. The molecule has 0 N–H and O–H groups in total. The number of amides is 1. The number of ether oxygens (including phenoxy) is 1. The summed E-state index contributed by atoms with van der Waals surface area (Å²) in [5, 5.41) is 0. The Kier molecular flexibility index (Phi) is 8.99. The van der Waals surface area contributed by atoms with E-state index in [0.717, 1.165) is 71.4 Å². The van der Waals surface area contributed by atoms with Gasteiger partial charge in [-0.25, -0.2) is 0 Å². The lowest BCUT2D eigenvalue weighted by Crippen LogP contribution is -2.51. The summed E-state index contributed by atoms with van der Waals surface area (Å²) in [6, 6.07) is 1.14. The van der Waals surface area contributed by atoms with Crippen LogP contribution in [0.25, 0.3) is 0 Å². The highest BCUT2D eigenvalue weighted by molar-refractivity contribution is 5.76. The average Bonchev–Trinajstić information content (AvgIpc) is 2.94. The van der Waals surface area contributed by atoms with Gasteiger partial charge < -0.3 is 14.5 Å². The van der Waals surface area contributed by atoms with Crippen LogP contribution >= 0.6 is 0 Å². The van der Waals surface area contributed by atoms with Crippen molar-refractivity contribution in [2.45, 2.75) is 84.2 Å². The minimum Gasteiger partial charge on any atom is -0.466 e. The van der Waals surface area contributed by atoms with Crippen LogP contribution < -0.4 is 0 Å². The van der Waals surface area contributed by atoms with Gasteiger partial charge in [-0.2, -0.15) is 0 Å². The third-order valence-electron chi connectivity index (χ3n) is 7.36. The first kappa shape index (κ1) is 23.5. The second-order valence-electron chi connectivity index (χ2n) is 9.90. The molecule has 0 aliphatic carbocycles. The largest absolute Gasteiger partial charge is 0.466 e. The summed E-state index contributed by atoms with van der Waals surface area (Å²) < 4.78 is 5.27. The van der Waals surface area contributed by atoms with Gasteiger partial charge in [-0.15, -0.1) is 0 Å². The molecule has 0 spiro atoms. The fourth-order valence-electron chi connectivity index (χ4n) is 5.44. The molecular weight excluding hydrogens is 378 g/mol. The zero-order valence-electron chi connectivity index (χ0n) is 19.5. The first-order valence-electron chi connectivity index (χ1n) is 12.4. The highest BCUT2D eigenvalue weighted by atomic mass is 16.5. The summed E-state index contributed by atoms with van der Waals surface area (Å²) in [6.45, 7) is 12.9. The van der Waals surface area contributed by atoms with E-state index in [9.17, 15) is 9.59 Å². The molecule has 3 fully saturated rings. The molecule has 0 aromatic heterocycles. The van der Waals surface area contributed by atoms with Crippen LogP contribution in [0.2, 0.25) is 0 Å². The molecule has 6 heteroatoms. The van der Waals surface area contributed by atoms with Crippen molar-refractivity contribution in [1.82, 2.24) is 14.7 Å². The summed E-state index contributed by atoms with van der Waals surface area (Å²) in [5.41, 5.74) is 0. The molecule has 0 aromatic rings. The molecule has 3 saturated heterocycles. The Bertz CT molecular complexity index is 560. The van der Waals surface area contributed by atoms with Crippen LogP contribution in [0.1, 0.15) is 72.1 Å². The van der Waals surface area contributed by atoms with Crippen LogP contribution in [0.5, 0.6) is 0 Å². The normalized spacial score (nSPS) is 28.0. The fourth-order valence-corrected chi connectivity index (χ4v) is 5.44. The number of hydrogen-bond donors (Lipinski definition) is 0. The van der Waals surface area contributed by atoms with Crippen molar-refractivity contribution in [3.8, 4) is 0 Å². The second-order valence-corrected chi connectivity index (χ2v) is 9.90. The molecule has 0 bridgehead atoms. The van der Waals surface area contributed by atoms with E-state index in [-0.39, 0.29) is 11.9 Å². The van der Waals surface area contributed by atoms with E-state index in [1.807, 2.05) is 6.92 Å². The van der Waals surface area contributed by atoms with Gasteiger partial charge in [0.15, 0.2) is 0 Å². The Hall–Kier alpha value is -1.14. The van der Waals surface area contributed by atoms with E-state index in [0.29, 0.717) is 36.9 Å². The molecule has 0 unspecified atom stereocenters. The van der Waals surface area contributed by atoms with Crippen LogP contribution in [0.3, 0.4) is 0 Å². The van der Waals surface area contributed by atoms with Crippen LogP contribution in [0, 0.1) is 11.8 Å². The SMILES string of the molecule is CCOC(=O)[C@@H]1CCCN(C2CCN([C@H]3CCC(=O)N(CCC(C)C)CC3)CC2)C1. The fraction of sp³-hybridized carbons (Fsp3) is 0.917. The summed E-state index contributed by atoms with van der Waals surface area (Å²) in [5.74, 6) is 1.05. The third kappa shape index (κ3) is 6.43. The molecule has 3 aliphatic rings. The van der Waals surface area contributed by atoms with Crippen LogP contribution in [0.4, 0.5) is 0 Å². The van der Waals surface area contributed by atoms with E-state index >= 15 is 0 Å². The summed E-state index contributed by atoms with van der Waals surface area (Å²) >= 11 is 0. The Labute approximate surface area is 183 Å². The third-order valence-corrected chi connectivity index (χ3v) is 7.36. The van der Waals surface area contributed by atoms with Gasteiger partial charge in [0.2, 0.25) is 5.91 Å². The number of hydrogen-bond acceptors (Lipinski definition) is 5. The monoisotopic (exact) mass is 421 g/mol. The minimum atomic E-state index is -0.00946. The molecule has 0 saturated carbocycles. The Morgan fingerprint density at radius 2 is 1.70 bits per heavy atom. The van der Waals surface area contributed by atoms with Crippen molar-refractivity contribution in [2.24, 2.45) is 11.8 Å². The number of carbonyl (C=O) groups excluding carboxylic acids is 2. The summed E-state index contributed by atoms with van der Waals surface area (Å²) in [7, 11) is 0. The van der Waals surface area contributed by atoms with Crippen molar-refractivity contribution < 1.29 is 14.3 Å². The van der Waals surface area contributed by atoms with Gasteiger partial charge in [-0.1, -0.05) is 13.8 Å². The molecule has 30 heavy (non-hydrogen) atoms. The number of carbonyl (C=O) groups is 2. The number of piperidine rings is 2. The molecule has 0 radical (unpaired) electrons. The van der Waals surface area contributed by atoms with Crippen molar-refractivity contribution in [3.05, 3.63) is 0 Å². The molecule has 172 valence electrons. The standard InChI is InChI=1S/C24H43N3O3/c1-4-30-24(29)20-6-5-13-27(18-20)22-10-15-25(16-11-22)21-7-8-23(28)26(17-12-21)14-9-19(2)3/h19-22H,4-18H2,1-3H3/t20-,21+/m1/s1. The Morgan fingerprint density at radius 1 is 1.00 bits per heavy atom.